The predicted molar refractivity (Wildman–Crippen MR) is 119 cm³/mol. The van der Waals surface area contributed by atoms with E-state index in [2.05, 4.69) is 20.2 Å². The van der Waals surface area contributed by atoms with Crippen LogP contribution in [0, 0.1) is 6.92 Å². The van der Waals surface area contributed by atoms with Gasteiger partial charge in [0.15, 0.2) is 0 Å². The molecule has 0 aliphatic heterocycles. The first-order chi connectivity index (χ1) is 14.2. The van der Waals surface area contributed by atoms with E-state index in [4.69, 9.17) is 23.2 Å². The number of carbonyl (C=O) groups excluding carboxylic acids is 1. The van der Waals surface area contributed by atoms with Crippen molar-refractivity contribution in [2.45, 2.75) is 30.6 Å². The van der Waals surface area contributed by atoms with E-state index < -0.39 is 22.0 Å². The summed E-state index contributed by atoms with van der Waals surface area (Å²) in [7, 11) is -3.93. The second-order valence-electron chi connectivity index (χ2n) is 6.39. The first kappa shape index (κ1) is 22.6. The van der Waals surface area contributed by atoms with Crippen LogP contribution >= 0.6 is 34.5 Å². The van der Waals surface area contributed by atoms with Crippen molar-refractivity contribution in [1.29, 1.82) is 0 Å². The van der Waals surface area contributed by atoms with Crippen LogP contribution in [0.5, 0.6) is 0 Å². The van der Waals surface area contributed by atoms with Gasteiger partial charge in [-0.05, 0) is 42.7 Å². The molecule has 0 aliphatic carbocycles. The van der Waals surface area contributed by atoms with Gasteiger partial charge in [0.25, 0.3) is 15.9 Å². The van der Waals surface area contributed by atoms with Gasteiger partial charge in [-0.15, -0.1) is 10.2 Å². The molecule has 0 saturated carbocycles. The zero-order chi connectivity index (χ0) is 21.9. The average molecular weight is 485 g/mol. The maximum Gasteiger partial charge on any atom is 0.270 e. The molecule has 0 bridgehead atoms. The number of benzene rings is 2. The highest BCUT2D eigenvalue weighted by atomic mass is 35.5. The number of anilines is 1. The topological polar surface area (TPSA) is 101 Å². The van der Waals surface area contributed by atoms with Gasteiger partial charge in [-0.25, -0.2) is 13.1 Å². The lowest BCUT2D eigenvalue weighted by Crippen LogP contribution is -2.28. The van der Waals surface area contributed by atoms with Crippen LogP contribution in [-0.2, 0) is 10.0 Å². The molecule has 30 heavy (non-hydrogen) atoms. The van der Waals surface area contributed by atoms with Gasteiger partial charge in [-0.3, -0.25) is 10.1 Å². The number of nitrogens with one attached hydrogen (secondary N) is 2. The summed E-state index contributed by atoms with van der Waals surface area (Å²) < 4.78 is 28.0. The summed E-state index contributed by atoms with van der Waals surface area (Å²) in [6.07, 6.45) is 0.557. The zero-order valence-corrected chi connectivity index (χ0v) is 19.2. The molecule has 11 heteroatoms. The van der Waals surface area contributed by atoms with Crippen LogP contribution in [0.1, 0.15) is 40.9 Å². The highest BCUT2D eigenvalue weighted by Gasteiger charge is 2.26. The van der Waals surface area contributed by atoms with E-state index in [0.717, 1.165) is 22.5 Å². The Kier molecular flexibility index (Phi) is 7.10. The van der Waals surface area contributed by atoms with Gasteiger partial charge in [0.2, 0.25) is 9.47 Å². The zero-order valence-electron chi connectivity index (χ0n) is 16.0. The Bertz CT molecular complexity index is 1180. The fourth-order valence-corrected chi connectivity index (χ4v) is 5.49. The fourth-order valence-electron chi connectivity index (χ4n) is 2.79. The van der Waals surface area contributed by atoms with Gasteiger partial charge in [0.1, 0.15) is 0 Å². The summed E-state index contributed by atoms with van der Waals surface area (Å²) in [5.74, 6) is -0.545. The molecule has 3 aromatic rings. The van der Waals surface area contributed by atoms with Crippen LogP contribution in [0.3, 0.4) is 0 Å². The second kappa shape index (κ2) is 9.40. The Hall–Kier alpha value is -2.04. The first-order valence-electron chi connectivity index (χ1n) is 8.89. The lowest BCUT2D eigenvalue weighted by Gasteiger charge is -2.18. The van der Waals surface area contributed by atoms with Gasteiger partial charge in [0.05, 0.1) is 10.6 Å². The molecule has 0 saturated heterocycles. The highest BCUT2D eigenvalue weighted by molar-refractivity contribution is 7.91. The molecule has 0 aliphatic rings. The van der Waals surface area contributed by atoms with Crippen LogP contribution in [-0.4, -0.2) is 24.5 Å². The molecule has 0 fully saturated rings. The standard InChI is InChI=1S/C19H18Cl2N4O3S2/c1-3-16(13-7-5-4-6-11(13)2)25-30(27,28)19-24-23-18(29-19)22-17(26)14-9-8-12(20)10-15(14)21/h4-10,16,25H,3H2,1-2H3,(H,22,23,26). The van der Waals surface area contributed by atoms with Crippen molar-refractivity contribution in [3.05, 3.63) is 69.2 Å². The summed E-state index contributed by atoms with van der Waals surface area (Å²) in [6.45, 7) is 3.81. The molecule has 2 N–H and O–H groups in total. The number of carbonyl (C=O) groups is 1. The van der Waals surface area contributed by atoms with Crippen LogP contribution in [0.2, 0.25) is 10.0 Å². The maximum absolute atomic E-state index is 12.8. The predicted octanol–water partition coefficient (Wildman–Crippen LogP) is 4.84. The Morgan fingerprint density at radius 1 is 1.17 bits per heavy atom. The number of rotatable bonds is 7. The van der Waals surface area contributed by atoms with E-state index in [9.17, 15) is 13.2 Å². The summed E-state index contributed by atoms with van der Waals surface area (Å²) in [5.41, 5.74) is 2.06. The molecule has 1 atom stereocenters. The third-order valence-electron chi connectivity index (χ3n) is 4.30. The van der Waals surface area contributed by atoms with E-state index in [1.165, 1.54) is 18.2 Å². The SMILES string of the molecule is CCC(NS(=O)(=O)c1nnc(NC(=O)c2ccc(Cl)cc2Cl)s1)c1ccccc1C. The van der Waals surface area contributed by atoms with Crippen LogP contribution in [0.4, 0.5) is 5.13 Å². The van der Waals surface area contributed by atoms with E-state index in [0.29, 0.717) is 11.4 Å². The van der Waals surface area contributed by atoms with Crippen LogP contribution < -0.4 is 10.0 Å². The van der Waals surface area contributed by atoms with Crippen LogP contribution in [0.25, 0.3) is 0 Å². The van der Waals surface area contributed by atoms with Gasteiger partial charge in [0, 0.05) is 11.1 Å². The third-order valence-corrected chi connectivity index (χ3v) is 7.53. The van der Waals surface area contributed by atoms with Crippen molar-refractivity contribution in [3.63, 3.8) is 0 Å². The summed E-state index contributed by atoms with van der Waals surface area (Å²) in [5, 5.41) is 10.6. The molecule has 1 amide bonds. The van der Waals surface area contributed by atoms with Gasteiger partial charge >= 0.3 is 0 Å². The molecule has 7 nitrogen and oxygen atoms in total. The Labute approximate surface area is 188 Å². The largest absolute Gasteiger partial charge is 0.296 e. The number of hydrogen-bond acceptors (Lipinski definition) is 6. The number of amides is 1. The lowest BCUT2D eigenvalue weighted by molar-refractivity contribution is 0.102. The monoisotopic (exact) mass is 484 g/mol. The number of aromatic nitrogens is 2. The van der Waals surface area contributed by atoms with Crippen LogP contribution in [0.15, 0.2) is 46.8 Å². The molecule has 1 heterocycles. The lowest BCUT2D eigenvalue weighted by atomic mass is 10.0. The summed E-state index contributed by atoms with van der Waals surface area (Å²) in [6, 6.07) is 11.6. The molecule has 3 rings (SSSR count). The van der Waals surface area contributed by atoms with Crippen molar-refractivity contribution in [2.24, 2.45) is 0 Å². The van der Waals surface area contributed by atoms with E-state index in [1.54, 1.807) is 0 Å². The molecule has 158 valence electrons. The smallest absolute Gasteiger partial charge is 0.270 e. The Balaban J connectivity index is 1.77. The van der Waals surface area contributed by atoms with Crippen molar-refractivity contribution < 1.29 is 13.2 Å². The van der Waals surface area contributed by atoms with Crippen molar-refractivity contribution in [2.75, 3.05) is 5.32 Å². The third kappa shape index (κ3) is 5.16. The second-order valence-corrected chi connectivity index (χ2v) is 10.1. The van der Waals surface area contributed by atoms with Crippen molar-refractivity contribution in [1.82, 2.24) is 14.9 Å². The minimum Gasteiger partial charge on any atom is -0.296 e. The average Bonchev–Trinajstić information content (AvgIpc) is 3.16. The molecule has 0 radical (unpaired) electrons. The quantitative estimate of drug-likeness (QED) is 0.467. The van der Waals surface area contributed by atoms with E-state index >= 15 is 0 Å². The molecule has 1 unspecified atom stereocenters. The molecular weight excluding hydrogens is 467 g/mol. The Morgan fingerprint density at radius 3 is 2.57 bits per heavy atom. The number of halogens is 2. The molecule has 1 aromatic heterocycles. The van der Waals surface area contributed by atoms with E-state index in [1.807, 2.05) is 38.1 Å². The minimum absolute atomic E-state index is 0.0373. The summed E-state index contributed by atoms with van der Waals surface area (Å²) >= 11 is 12.6. The number of aryl methyl sites for hydroxylation is 1. The normalized spacial score (nSPS) is 12.5. The van der Waals surface area contributed by atoms with Gasteiger partial charge in [-0.1, -0.05) is 65.7 Å². The number of sulfonamides is 1. The van der Waals surface area contributed by atoms with Crippen molar-refractivity contribution in [3.8, 4) is 0 Å². The van der Waals surface area contributed by atoms with E-state index in [-0.39, 0.29) is 20.1 Å². The number of nitrogens with zero attached hydrogens (tertiary/aromatic N) is 2. The molecule has 0 spiro atoms. The summed E-state index contributed by atoms with van der Waals surface area (Å²) in [4.78, 5) is 12.4. The van der Waals surface area contributed by atoms with Crippen molar-refractivity contribution >= 4 is 55.6 Å². The first-order valence-corrected chi connectivity index (χ1v) is 11.9. The highest BCUT2D eigenvalue weighted by Crippen LogP contribution is 2.27. The molecule has 2 aromatic carbocycles. The maximum atomic E-state index is 12.8. The number of hydrogen-bond donors (Lipinski definition) is 2. The minimum atomic E-state index is -3.93. The van der Waals surface area contributed by atoms with Gasteiger partial charge in [-0.2, -0.15) is 0 Å². The Morgan fingerprint density at radius 2 is 1.90 bits per heavy atom. The molecular formula is C19H18Cl2N4O3S2. The fraction of sp³-hybridized carbons (Fsp3) is 0.211. The van der Waals surface area contributed by atoms with Gasteiger partial charge < -0.3 is 0 Å².